The zero-order chi connectivity index (χ0) is 19.1. The summed E-state index contributed by atoms with van der Waals surface area (Å²) in [6, 6.07) is 15.8. The Kier molecular flexibility index (Phi) is 6.88. The van der Waals surface area contributed by atoms with Gasteiger partial charge in [-0.25, -0.2) is 0 Å². The van der Waals surface area contributed by atoms with Crippen molar-refractivity contribution in [3.63, 3.8) is 0 Å². The van der Waals surface area contributed by atoms with E-state index in [1.807, 2.05) is 50.2 Å². The zero-order valence-corrected chi connectivity index (χ0v) is 16.4. The number of nitrogens with zero attached hydrogens (tertiary/aromatic N) is 1. The van der Waals surface area contributed by atoms with Crippen molar-refractivity contribution in [2.45, 2.75) is 45.7 Å². The minimum absolute atomic E-state index is 0.0408. The third-order valence-corrected chi connectivity index (χ3v) is 5.11. The van der Waals surface area contributed by atoms with Gasteiger partial charge in [-0.3, -0.25) is 9.69 Å². The molecule has 1 aliphatic heterocycles. The van der Waals surface area contributed by atoms with Crippen LogP contribution in [-0.4, -0.2) is 30.5 Å². The Morgan fingerprint density at radius 1 is 1.04 bits per heavy atom. The number of carbonyl (C=O) groups is 1. The monoisotopic (exact) mass is 366 g/mol. The summed E-state index contributed by atoms with van der Waals surface area (Å²) in [4.78, 5) is 15.0. The molecule has 27 heavy (non-hydrogen) atoms. The van der Waals surface area contributed by atoms with Crippen molar-refractivity contribution >= 4 is 5.91 Å². The molecule has 1 heterocycles. The van der Waals surface area contributed by atoms with Crippen molar-refractivity contribution < 1.29 is 9.53 Å². The lowest BCUT2D eigenvalue weighted by Gasteiger charge is -2.26. The van der Waals surface area contributed by atoms with E-state index in [0.717, 1.165) is 17.9 Å². The molecule has 0 bridgehead atoms. The van der Waals surface area contributed by atoms with E-state index < -0.39 is 0 Å². The summed E-state index contributed by atoms with van der Waals surface area (Å²) in [5, 5.41) is 3.07. The number of carbonyl (C=O) groups excluding carboxylic acids is 1. The molecule has 2 aromatic rings. The van der Waals surface area contributed by atoms with Gasteiger partial charge in [-0.15, -0.1) is 0 Å². The Balaban J connectivity index is 1.55. The van der Waals surface area contributed by atoms with E-state index in [2.05, 4.69) is 22.3 Å². The van der Waals surface area contributed by atoms with Gasteiger partial charge in [0.15, 0.2) is 0 Å². The second kappa shape index (κ2) is 9.56. The Bertz CT molecular complexity index is 719. The molecule has 0 unspecified atom stereocenters. The minimum Gasteiger partial charge on any atom is -0.494 e. The van der Waals surface area contributed by atoms with E-state index in [-0.39, 0.29) is 11.9 Å². The lowest BCUT2D eigenvalue weighted by atomic mass is 10.1. The van der Waals surface area contributed by atoms with Crippen LogP contribution >= 0.6 is 0 Å². The van der Waals surface area contributed by atoms with E-state index in [4.69, 9.17) is 4.74 Å². The maximum atomic E-state index is 12.6. The topological polar surface area (TPSA) is 41.6 Å². The number of benzene rings is 2. The molecule has 1 amide bonds. The summed E-state index contributed by atoms with van der Waals surface area (Å²) in [5.74, 6) is 0.810. The maximum absolute atomic E-state index is 12.6. The molecular weight excluding hydrogens is 336 g/mol. The Labute approximate surface area is 162 Å². The van der Waals surface area contributed by atoms with Crippen LogP contribution in [0.3, 0.4) is 0 Å². The average molecular weight is 367 g/mol. The SMILES string of the molecule is CCOc1ccc([C@H](C)NC(=O)c2ccc(CN3CCCCC3)cc2)cc1. The van der Waals surface area contributed by atoms with Crippen LogP contribution in [0.1, 0.15) is 60.6 Å². The highest BCUT2D eigenvalue weighted by Crippen LogP contribution is 2.18. The third-order valence-electron chi connectivity index (χ3n) is 5.11. The standard InChI is InChI=1S/C23H30N2O2/c1-3-27-22-13-11-20(12-14-22)18(2)24-23(26)21-9-7-19(8-10-21)17-25-15-5-4-6-16-25/h7-14,18H,3-6,15-17H2,1-2H3,(H,24,26)/t18-/m0/s1. The second-order valence-electron chi connectivity index (χ2n) is 7.23. The highest BCUT2D eigenvalue weighted by molar-refractivity contribution is 5.94. The maximum Gasteiger partial charge on any atom is 0.251 e. The van der Waals surface area contributed by atoms with E-state index in [1.165, 1.54) is 37.9 Å². The van der Waals surface area contributed by atoms with Crippen LogP contribution in [0, 0.1) is 0 Å². The third kappa shape index (κ3) is 5.57. The van der Waals surface area contributed by atoms with E-state index in [1.54, 1.807) is 0 Å². The Hall–Kier alpha value is -2.33. The minimum atomic E-state index is -0.0544. The van der Waals surface area contributed by atoms with Crippen molar-refractivity contribution in [2.75, 3.05) is 19.7 Å². The normalized spacial score (nSPS) is 15.9. The van der Waals surface area contributed by atoms with Crippen LogP contribution in [0.25, 0.3) is 0 Å². The first kappa shape index (κ1) is 19.4. The van der Waals surface area contributed by atoms with E-state index in [9.17, 15) is 4.79 Å². The number of nitrogens with one attached hydrogen (secondary N) is 1. The fourth-order valence-electron chi connectivity index (χ4n) is 3.52. The number of ether oxygens (including phenoxy) is 1. The van der Waals surface area contributed by atoms with Crippen LogP contribution in [0.15, 0.2) is 48.5 Å². The van der Waals surface area contributed by atoms with Crippen molar-refractivity contribution in [3.05, 3.63) is 65.2 Å². The highest BCUT2D eigenvalue weighted by atomic mass is 16.5. The second-order valence-corrected chi connectivity index (χ2v) is 7.23. The molecule has 0 saturated carbocycles. The molecule has 1 N–H and O–H groups in total. The molecule has 1 saturated heterocycles. The zero-order valence-electron chi connectivity index (χ0n) is 16.4. The molecular formula is C23H30N2O2. The first-order valence-corrected chi connectivity index (χ1v) is 10.0. The van der Waals surface area contributed by atoms with Crippen LogP contribution in [-0.2, 0) is 6.54 Å². The van der Waals surface area contributed by atoms with Gasteiger partial charge in [0.2, 0.25) is 0 Å². The molecule has 4 heteroatoms. The molecule has 4 nitrogen and oxygen atoms in total. The van der Waals surface area contributed by atoms with Gasteiger partial charge in [-0.2, -0.15) is 0 Å². The quantitative estimate of drug-likeness (QED) is 0.781. The number of hydrogen-bond donors (Lipinski definition) is 1. The van der Waals surface area contributed by atoms with Gasteiger partial charge in [0.25, 0.3) is 5.91 Å². The van der Waals surface area contributed by atoms with Crippen molar-refractivity contribution in [1.29, 1.82) is 0 Å². The van der Waals surface area contributed by atoms with Crippen molar-refractivity contribution in [3.8, 4) is 5.75 Å². The smallest absolute Gasteiger partial charge is 0.251 e. The van der Waals surface area contributed by atoms with Crippen LogP contribution in [0.2, 0.25) is 0 Å². The molecule has 0 aromatic heterocycles. The Morgan fingerprint density at radius 3 is 2.33 bits per heavy atom. The molecule has 0 radical (unpaired) electrons. The van der Waals surface area contributed by atoms with Gasteiger partial charge < -0.3 is 10.1 Å². The molecule has 144 valence electrons. The summed E-state index contributed by atoms with van der Waals surface area (Å²) in [6.45, 7) is 7.96. The molecule has 1 atom stereocenters. The first-order chi connectivity index (χ1) is 13.2. The molecule has 2 aromatic carbocycles. The van der Waals surface area contributed by atoms with Gasteiger partial charge in [0, 0.05) is 12.1 Å². The summed E-state index contributed by atoms with van der Waals surface area (Å²) in [5.41, 5.74) is 3.04. The fraction of sp³-hybridized carbons (Fsp3) is 0.435. The van der Waals surface area contributed by atoms with Gasteiger partial charge in [0.05, 0.1) is 12.6 Å². The van der Waals surface area contributed by atoms with Gasteiger partial charge in [0.1, 0.15) is 5.75 Å². The lowest BCUT2D eigenvalue weighted by Crippen LogP contribution is -2.29. The number of rotatable bonds is 7. The Morgan fingerprint density at radius 2 is 1.70 bits per heavy atom. The predicted molar refractivity (Wildman–Crippen MR) is 109 cm³/mol. The first-order valence-electron chi connectivity index (χ1n) is 10.0. The molecule has 1 fully saturated rings. The van der Waals surface area contributed by atoms with Crippen molar-refractivity contribution in [1.82, 2.24) is 10.2 Å². The average Bonchev–Trinajstić information content (AvgIpc) is 2.70. The van der Waals surface area contributed by atoms with Gasteiger partial charge >= 0.3 is 0 Å². The van der Waals surface area contributed by atoms with Crippen LogP contribution in [0.4, 0.5) is 0 Å². The summed E-state index contributed by atoms with van der Waals surface area (Å²) >= 11 is 0. The number of amides is 1. The van der Waals surface area contributed by atoms with Gasteiger partial charge in [-0.1, -0.05) is 30.7 Å². The number of likely N-dealkylation sites (tertiary alicyclic amines) is 1. The molecule has 0 aliphatic carbocycles. The summed E-state index contributed by atoms with van der Waals surface area (Å²) in [7, 11) is 0. The van der Waals surface area contributed by atoms with Gasteiger partial charge in [-0.05, 0) is 75.2 Å². The van der Waals surface area contributed by atoms with E-state index in [0.29, 0.717) is 12.2 Å². The summed E-state index contributed by atoms with van der Waals surface area (Å²) in [6.07, 6.45) is 3.94. The number of piperidine rings is 1. The largest absolute Gasteiger partial charge is 0.494 e. The lowest BCUT2D eigenvalue weighted by molar-refractivity contribution is 0.0940. The van der Waals surface area contributed by atoms with Crippen LogP contribution < -0.4 is 10.1 Å². The molecule has 0 spiro atoms. The van der Waals surface area contributed by atoms with Crippen molar-refractivity contribution in [2.24, 2.45) is 0 Å². The molecule has 1 aliphatic rings. The predicted octanol–water partition coefficient (Wildman–Crippen LogP) is 4.56. The highest BCUT2D eigenvalue weighted by Gasteiger charge is 2.13. The van der Waals surface area contributed by atoms with E-state index >= 15 is 0 Å². The fourth-order valence-corrected chi connectivity index (χ4v) is 3.52. The number of hydrogen-bond acceptors (Lipinski definition) is 3. The van der Waals surface area contributed by atoms with Crippen LogP contribution in [0.5, 0.6) is 5.75 Å². The summed E-state index contributed by atoms with van der Waals surface area (Å²) < 4.78 is 5.47. The molecule has 3 rings (SSSR count).